The Morgan fingerprint density at radius 1 is 1.30 bits per heavy atom. The smallest absolute Gasteiger partial charge is 0.233 e. The van der Waals surface area contributed by atoms with E-state index >= 15 is 0 Å². The molecule has 1 aliphatic heterocycles. The normalized spacial score (nSPS) is 26.9. The zero-order valence-corrected chi connectivity index (χ0v) is 13.3. The van der Waals surface area contributed by atoms with Crippen molar-refractivity contribution >= 4 is 23.1 Å². The number of likely N-dealkylation sites (N-methyl/N-ethyl adjacent to an activating group) is 1. The minimum Gasteiger partial charge on any atom is -0.392 e. The van der Waals surface area contributed by atoms with Crippen molar-refractivity contribution < 1.29 is 4.79 Å². The summed E-state index contributed by atoms with van der Waals surface area (Å²) in [5, 5.41) is 3.13. The lowest BCUT2D eigenvalue weighted by molar-refractivity contribution is -0.129. The van der Waals surface area contributed by atoms with Crippen molar-refractivity contribution in [2.45, 2.75) is 57.4 Å². The fourth-order valence-electron chi connectivity index (χ4n) is 3.52. The minimum absolute atomic E-state index is 0.0590. The molecule has 1 amide bonds. The average Bonchev–Trinajstić information content (AvgIpc) is 2.46. The van der Waals surface area contributed by atoms with Crippen molar-refractivity contribution in [3.05, 3.63) is 0 Å². The number of thiocarbonyl (C=S) groups is 1. The summed E-state index contributed by atoms with van der Waals surface area (Å²) in [7, 11) is 2.14. The van der Waals surface area contributed by atoms with Crippen LogP contribution >= 0.6 is 12.2 Å². The predicted molar refractivity (Wildman–Crippen MR) is 85.6 cm³/mol. The Labute approximate surface area is 127 Å². The predicted octanol–water partition coefficient (Wildman–Crippen LogP) is 1.82. The summed E-state index contributed by atoms with van der Waals surface area (Å²) in [5.74, 6) is 0.0590. The molecular weight excluding hydrogens is 270 g/mol. The summed E-state index contributed by atoms with van der Waals surface area (Å²) in [4.78, 5) is 15.3. The molecule has 4 nitrogen and oxygen atoms in total. The first-order valence-electron chi connectivity index (χ1n) is 7.85. The van der Waals surface area contributed by atoms with E-state index < -0.39 is 5.41 Å². The second kappa shape index (κ2) is 6.85. The Morgan fingerprint density at radius 3 is 2.60 bits per heavy atom. The Morgan fingerprint density at radius 2 is 2.00 bits per heavy atom. The molecule has 114 valence electrons. The van der Waals surface area contributed by atoms with Gasteiger partial charge in [-0.15, -0.1) is 0 Å². The lowest BCUT2D eigenvalue weighted by Crippen LogP contribution is -2.53. The molecule has 5 heteroatoms. The molecular formula is C15H27N3OS. The lowest BCUT2D eigenvalue weighted by atomic mass is 9.73. The molecule has 1 heterocycles. The number of amides is 1. The van der Waals surface area contributed by atoms with E-state index in [0.29, 0.717) is 11.0 Å². The molecule has 1 saturated carbocycles. The highest BCUT2D eigenvalue weighted by Gasteiger charge is 2.42. The van der Waals surface area contributed by atoms with Gasteiger partial charge in [-0.3, -0.25) is 4.79 Å². The number of piperidine rings is 1. The van der Waals surface area contributed by atoms with E-state index in [-0.39, 0.29) is 5.91 Å². The largest absolute Gasteiger partial charge is 0.392 e. The van der Waals surface area contributed by atoms with Gasteiger partial charge in [-0.1, -0.05) is 37.9 Å². The Kier molecular flexibility index (Phi) is 5.38. The zero-order chi connectivity index (χ0) is 14.6. The van der Waals surface area contributed by atoms with E-state index in [2.05, 4.69) is 17.3 Å². The van der Waals surface area contributed by atoms with Gasteiger partial charge in [0.2, 0.25) is 5.91 Å². The number of hydrogen-bond donors (Lipinski definition) is 2. The van der Waals surface area contributed by atoms with Crippen LogP contribution in [0, 0.1) is 5.41 Å². The topological polar surface area (TPSA) is 58.4 Å². The highest BCUT2D eigenvalue weighted by atomic mass is 32.1. The van der Waals surface area contributed by atoms with Crippen LogP contribution in [-0.4, -0.2) is 42.0 Å². The summed E-state index contributed by atoms with van der Waals surface area (Å²) >= 11 is 5.20. The molecule has 2 rings (SSSR count). The quantitative estimate of drug-likeness (QED) is 0.777. The van der Waals surface area contributed by atoms with Gasteiger partial charge in [0.25, 0.3) is 0 Å². The third-order valence-corrected chi connectivity index (χ3v) is 5.42. The SMILES string of the molecule is CN1CCCCC1CNC(=O)C1(C(N)=S)CCCCC1. The van der Waals surface area contributed by atoms with E-state index in [1.165, 1.54) is 19.3 Å². The van der Waals surface area contributed by atoms with Crippen molar-refractivity contribution in [2.24, 2.45) is 11.1 Å². The number of rotatable bonds is 4. The molecule has 0 aromatic carbocycles. The molecule has 0 aromatic rings. The number of carbonyl (C=O) groups is 1. The fraction of sp³-hybridized carbons (Fsp3) is 0.867. The third-order valence-electron chi connectivity index (χ3n) is 5.03. The number of likely N-dealkylation sites (tertiary alicyclic amines) is 1. The van der Waals surface area contributed by atoms with Crippen molar-refractivity contribution in [2.75, 3.05) is 20.1 Å². The summed E-state index contributed by atoms with van der Waals surface area (Å²) in [6.45, 7) is 1.85. The summed E-state index contributed by atoms with van der Waals surface area (Å²) in [6.07, 6.45) is 8.59. The first-order chi connectivity index (χ1) is 9.56. The molecule has 1 aliphatic carbocycles. The number of nitrogens with one attached hydrogen (secondary N) is 1. The van der Waals surface area contributed by atoms with Gasteiger partial charge in [0.15, 0.2) is 0 Å². The fourth-order valence-corrected chi connectivity index (χ4v) is 3.82. The molecule has 3 N–H and O–H groups in total. The maximum atomic E-state index is 12.6. The summed E-state index contributed by atoms with van der Waals surface area (Å²) in [5.41, 5.74) is 5.32. The molecule has 1 atom stereocenters. The Hall–Kier alpha value is -0.680. The van der Waals surface area contributed by atoms with Crippen LogP contribution < -0.4 is 11.1 Å². The van der Waals surface area contributed by atoms with E-state index in [1.54, 1.807) is 0 Å². The van der Waals surface area contributed by atoms with Crippen LogP contribution in [0.5, 0.6) is 0 Å². The second-order valence-corrected chi connectivity index (χ2v) is 6.79. The van der Waals surface area contributed by atoms with Crippen LogP contribution in [0.1, 0.15) is 51.4 Å². The van der Waals surface area contributed by atoms with Crippen molar-refractivity contribution in [1.82, 2.24) is 10.2 Å². The van der Waals surface area contributed by atoms with E-state index in [9.17, 15) is 4.79 Å². The molecule has 0 bridgehead atoms. The summed E-state index contributed by atoms with van der Waals surface area (Å²) in [6, 6.07) is 0.458. The van der Waals surface area contributed by atoms with Crippen LogP contribution in [-0.2, 0) is 4.79 Å². The molecule has 1 saturated heterocycles. The number of nitrogens with zero attached hydrogens (tertiary/aromatic N) is 1. The third kappa shape index (κ3) is 3.31. The van der Waals surface area contributed by atoms with Crippen molar-refractivity contribution in [1.29, 1.82) is 0 Å². The number of carbonyl (C=O) groups excluding carboxylic acids is 1. The van der Waals surface area contributed by atoms with Gasteiger partial charge in [-0.05, 0) is 39.3 Å². The van der Waals surface area contributed by atoms with E-state index in [4.69, 9.17) is 18.0 Å². The van der Waals surface area contributed by atoms with Gasteiger partial charge < -0.3 is 16.0 Å². The molecule has 2 aliphatic rings. The number of hydrogen-bond acceptors (Lipinski definition) is 3. The second-order valence-electron chi connectivity index (χ2n) is 6.35. The summed E-state index contributed by atoms with van der Waals surface area (Å²) < 4.78 is 0. The van der Waals surface area contributed by atoms with Crippen LogP contribution in [0.25, 0.3) is 0 Å². The highest BCUT2D eigenvalue weighted by molar-refractivity contribution is 7.80. The average molecular weight is 297 g/mol. The molecule has 0 radical (unpaired) electrons. The first kappa shape index (κ1) is 15.7. The van der Waals surface area contributed by atoms with Crippen LogP contribution in [0.2, 0.25) is 0 Å². The van der Waals surface area contributed by atoms with Gasteiger partial charge in [-0.2, -0.15) is 0 Å². The molecule has 20 heavy (non-hydrogen) atoms. The maximum absolute atomic E-state index is 12.6. The van der Waals surface area contributed by atoms with Gasteiger partial charge >= 0.3 is 0 Å². The van der Waals surface area contributed by atoms with Gasteiger partial charge in [-0.25, -0.2) is 0 Å². The molecule has 0 aromatic heterocycles. The molecule has 0 spiro atoms. The van der Waals surface area contributed by atoms with Crippen LogP contribution in [0.4, 0.5) is 0 Å². The number of nitrogens with two attached hydrogens (primary N) is 1. The first-order valence-corrected chi connectivity index (χ1v) is 8.25. The maximum Gasteiger partial charge on any atom is 0.233 e. The molecule has 2 fully saturated rings. The Bertz CT molecular complexity index is 366. The molecule has 1 unspecified atom stereocenters. The van der Waals surface area contributed by atoms with Crippen LogP contribution in [0.3, 0.4) is 0 Å². The van der Waals surface area contributed by atoms with Crippen molar-refractivity contribution in [3.63, 3.8) is 0 Å². The van der Waals surface area contributed by atoms with Gasteiger partial charge in [0.05, 0.1) is 10.4 Å². The van der Waals surface area contributed by atoms with Gasteiger partial charge in [0.1, 0.15) is 0 Å². The van der Waals surface area contributed by atoms with Gasteiger partial charge in [0, 0.05) is 12.6 Å². The standard InChI is InChI=1S/C15H27N3OS/c1-18-10-6-3-7-12(18)11-17-14(19)15(13(16)20)8-4-2-5-9-15/h12H,2-11H2,1H3,(H2,16,20)(H,17,19). The van der Waals surface area contributed by atoms with E-state index in [0.717, 1.165) is 45.2 Å². The van der Waals surface area contributed by atoms with E-state index in [1.807, 2.05) is 0 Å². The van der Waals surface area contributed by atoms with Crippen molar-refractivity contribution in [3.8, 4) is 0 Å². The van der Waals surface area contributed by atoms with Crippen LogP contribution in [0.15, 0.2) is 0 Å². The zero-order valence-electron chi connectivity index (χ0n) is 12.5. The lowest BCUT2D eigenvalue weighted by Gasteiger charge is -2.37. The monoisotopic (exact) mass is 297 g/mol. The minimum atomic E-state index is -0.583. The highest BCUT2D eigenvalue weighted by Crippen LogP contribution is 2.37. The Balaban J connectivity index is 1.93.